The number of hydrogen-bond donors (Lipinski definition) is 3. The summed E-state index contributed by atoms with van der Waals surface area (Å²) in [5, 5.41) is 31.6. The minimum absolute atomic E-state index is 0.0192. The number of aliphatic carboxylic acids is 1. The second-order valence-electron chi connectivity index (χ2n) is 8.08. The van der Waals surface area contributed by atoms with Gasteiger partial charge in [-0.25, -0.2) is 4.57 Å². The number of aromatic amines is 1. The Morgan fingerprint density at radius 3 is 2.85 bits per heavy atom. The van der Waals surface area contributed by atoms with Crippen molar-refractivity contribution in [2.24, 2.45) is 5.16 Å². The minimum Gasteiger partial charge on any atom is -0.543 e. The Kier molecular flexibility index (Phi) is 7.28. The topological polar surface area (TPSA) is 221 Å². The van der Waals surface area contributed by atoms with E-state index >= 15 is 0 Å². The van der Waals surface area contributed by atoms with Gasteiger partial charge in [-0.2, -0.15) is 14.6 Å². The zero-order chi connectivity index (χ0) is 27.5. The molecule has 3 aromatic rings. The van der Waals surface area contributed by atoms with Crippen LogP contribution in [-0.4, -0.2) is 82.2 Å². The number of hydrogen-bond acceptors (Lipinski definition) is 14. The standard InChI is InChI=1S/C21H19N11O5S2/c1-2-7-37-27-12(16-24-21(22)39-28-16)17(33)23-13-18(34)32-14(20(35)36)11(9-38-19(13)32)8-31-5-3-10(4-6-31)15-25-29-30-26-15/h2-6,13,19H,1,7-9H2,(H4,22,23,24,28,33,35,36)/t13?,19-/m0/s1. The number of nitrogens with two attached hydrogens (primary N) is 1. The van der Waals surface area contributed by atoms with Crippen molar-refractivity contribution in [3.8, 4) is 11.4 Å². The number of rotatable bonds is 10. The number of tetrazole rings is 1. The van der Waals surface area contributed by atoms with Crippen LogP contribution in [0, 0.1) is 0 Å². The molecule has 0 spiro atoms. The van der Waals surface area contributed by atoms with E-state index in [1.165, 1.54) is 17.8 Å². The van der Waals surface area contributed by atoms with Crippen molar-refractivity contribution in [2.75, 3.05) is 18.1 Å². The fourth-order valence-corrected chi connectivity index (χ4v) is 5.66. The maximum absolute atomic E-state index is 13.1. The van der Waals surface area contributed by atoms with E-state index in [-0.39, 0.29) is 41.3 Å². The van der Waals surface area contributed by atoms with Gasteiger partial charge in [0.2, 0.25) is 17.4 Å². The maximum atomic E-state index is 13.1. The van der Waals surface area contributed by atoms with Gasteiger partial charge in [-0.15, -0.1) is 22.0 Å². The molecule has 4 N–H and O–H groups in total. The second-order valence-corrected chi connectivity index (χ2v) is 9.96. The summed E-state index contributed by atoms with van der Waals surface area (Å²) in [6.07, 6.45) is 4.90. The van der Waals surface area contributed by atoms with E-state index in [9.17, 15) is 19.5 Å². The van der Waals surface area contributed by atoms with Crippen molar-refractivity contribution in [1.29, 1.82) is 0 Å². The number of carboxylic acids is 1. The van der Waals surface area contributed by atoms with E-state index < -0.39 is 29.2 Å². The van der Waals surface area contributed by atoms with Crippen LogP contribution < -0.4 is 20.7 Å². The smallest absolute Gasteiger partial charge is 0.278 e. The largest absolute Gasteiger partial charge is 0.543 e. The SMILES string of the molecule is C=CCON=C(C(=O)NC1C(=O)N2C(C(=O)[O-])=C(C[n+]3ccc(-c4nn[nH]n4)cc3)CS[C@@H]12)c1nsc(N)n1. The Balaban J connectivity index is 1.32. The molecule has 0 aromatic carbocycles. The van der Waals surface area contributed by atoms with Gasteiger partial charge in [0.25, 0.3) is 11.8 Å². The predicted molar refractivity (Wildman–Crippen MR) is 134 cm³/mol. The lowest BCUT2D eigenvalue weighted by molar-refractivity contribution is -0.689. The molecule has 3 aromatic heterocycles. The first-order valence-corrected chi connectivity index (χ1v) is 13.0. The van der Waals surface area contributed by atoms with E-state index in [2.05, 4.69) is 47.0 Å². The molecule has 0 radical (unpaired) electrons. The lowest BCUT2D eigenvalue weighted by atomic mass is 10.0. The van der Waals surface area contributed by atoms with Crippen LogP contribution in [-0.2, 0) is 25.8 Å². The number of amides is 2. The third-order valence-corrected chi connectivity index (χ3v) is 7.49. The third kappa shape index (κ3) is 5.18. The molecule has 16 nitrogen and oxygen atoms in total. The number of fused-ring (bicyclic) bond motifs is 1. The summed E-state index contributed by atoms with van der Waals surface area (Å²) in [6.45, 7) is 3.73. The molecule has 0 bridgehead atoms. The highest BCUT2D eigenvalue weighted by Gasteiger charge is 2.53. The monoisotopic (exact) mass is 569 g/mol. The van der Waals surface area contributed by atoms with Crippen molar-refractivity contribution < 1.29 is 28.9 Å². The number of nitrogen functional groups attached to an aromatic ring is 1. The summed E-state index contributed by atoms with van der Waals surface area (Å²) < 4.78 is 5.73. The van der Waals surface area contributed by atoms with Gasteiger partial charge in [0.05, 0.1) is 11.7 Å². The van der Waals surface area contributed by atoms with Crippen LogP contribution in [0.15, 0.2) is 53.6 Å². The number of carbonyl (C=O) groups excluding carboxylic acids is 3. The Hall–Kier alpha value is -4.71. The van der Waals surface area contributed by atoms with Crippen LogP contribution in [0.25, 0.3) is 11.4 Å². The summed E-state index contributed by atoms with van der Waals surface area (Å²) in [4.78, 5) is 48.3. The average molecular weight is 570 g/mol. The van der Waals surface area contributed by atoms with Crippen molar-refractivity contribution >= 4 is 51.9 Å². The molecular formula is C21H19N11O5S2. The number of H-pyrrole nitrogens is 1. The fraction of sp³-hybridized carbons (Fsp3) is 0.238. The molecule has 2 aliphatic rings. The maximum Gasteiger partial charge on any atom is 0.278 e. The minimum atomic E-state index is -1.49. The summed E-state index contributed by atoms with van der Waals surface area (Å²) in [6, 6.07) is 2.50. The van der Waals surface area contributed by atoms with Crippen molar-refractivity contribution in [3.05, 3.63) is 54.3 Å². The molecule has 1 unspecified atom stereocenters. The molecule has 5 heterocycles. The Bertz CT molecular complexity index is 1490. The number of thioether (sulfide) groups is 1. The second kappa shape index (κ2) is 11.0. The van der Waals surface area contributed by atoms with Crippen molar-refractivity contribution in [3.63, 3.8) is 0 Å². The molecule has 200 valence electrons. The van der Waals surface area contributed by atoms with Crippen LogP contribution >= 0.6 is 23.3 Å². The normalized spacial score (nSPS) is 18.8. The first-order valence-electron chi connectivity index (χ1n) is 11.2. The molecule has 1 saturated heterocycles. The first-order chi connectivity index (χ1) is 18.9. The highest BCUT2D eigenvalue weighted by Crippen LogP contribution is 2.40. The van der Waals surface area contributed by atoms with Crippen LogP contribution in [0.5, 0.6) is 0 Å². The molecule has 2 atom stereocenters. The number of aromatic nitrogens is 7. The van der Waals surface area contributed by atoms with Gasteiger partial charge in [0, 0.05) is 40.6 Å². The number of anilines is 1. The van der Waals surface area contributed by atoms with Crippen molar-refractivity contribution in [1.82, 2.24) is 40.2 Å². The Morgan fingerprint density at radius 1 is 1.41 bits per heavy atom. The summed E-state index contributed by atoms with van der Waals surface area (Å²) in [5.74, 6) is -2.23. The molecule has 0 saturated carbocycles. The molecule has 18 heteroatoms. The van der Waals surface area contributed by atoms with Crippen LogP contribution in [0.2, 0.25) is 0 Å². The predicted octanol–water partition coefficient (Wildman–Crippen LogP) is -2.40. The van der Waals surface area contributed by atoms with Gasteiger partial charge >= 0.3 is 0 Å². The number of nitrogens with zero attached hydrogens (tertiary/aromatic N) is 8. The summed E-state index contributed by atoms with van der Waals surface area (Å²) in [7, 11) is 0. The first kappa shape index (κ1) is 25.9. The van der Waals surface area contributed by atoms with Gasteiger partial charge in [0.15, 0.2) is 24.1 Å². The van der Waals surface area contributed by atoms with Gasteiger partial charge < -0.3 is 25.8 Å². The number of carbonyl (C=O) groups is 3. The van der Waals surface area contributed by atoms with Gasteiger partial charge in [0.1, 0.15) is 18.0 Å². The molecule has 1 fully saturated rings. The van der Waals surface area contributed by atoms with E-state index in [1.54, 1.807) is 29.1 Å². The third-order valence-electron chi connectivity index (χ3n) is 5.61. The number of carboxylic acid groups (broad SMARTS) is 1. The molecule has 0 aliphatic carbocycles. The Labute approximate surface area is 227 Å². The highest BCUT2D eigenvalue weighted by atomic mass is 32.2. The molecular weight excluding hydrogens is 550 g/mol. The summed E-state index contributed by atoms with van der Waals surface area (Å²) in [5.41, 5.74) is 6.32. The van der Waals surface area contributed by atoms with Crippen LogP contribution in [0.1, 0.15) is 5.82 Å². The lowest BCUT2D eigenvalue weighted by Gasteiger charge is -2.50. The van der Waals surface area contributed by atoms with E-state index in [0.717, 1.165) is 22.0 Å². The van der Waals surface area contributed by atoms with Crippen LogP contribution in [0.4, 0.5) is 5.13 Å². The lowest BCUT2D eigenvalue weighted by Crippen LogP contribution is -2.71. The molecule has 5 rings (SSSR count). The fourth-order valence-electron chi connectivity index (χ4n) is 3.89. The zero-order valence-electron chi connectivity index (χ0n) is 19.9. The number of nitrogens with one attached hydrogen (secondary N) is 2. The Morgan fingerprint density at radius 2 is 2.21 bits per heavy atom. The highest BCUT2D eigenvalue weighted by molar-refractivity contribution is 8.00. The summed E-state index contributed by atoms with van der Waals surface area (Å²) >= 11 is 2.17. The average Bonchev–Trinajstić information content (AvgIpc) is 3.62. The number of oxime groups is 1. The van der Waals surface area contributed by atoms with E-state index in [4.69, 9.17) is 10.6 Å². The van der Waals surface area contributed by atoms with Gasteiger partial charge in [-0.1, -0.05) is 17.8 Å². The number of pyridine rings is 1. The molecule has 2 amide bonds. The van der Waals surface area contributed by atoms with E-state index in [0.29, 0.717) is 11.4 Å². The van der Waals surface area contributed by atoms with Crippen molar-refractivity contribution in [2.45, 2.75) is 18.0 Å². The van der Waals surface area contributed by atoms with E-state index in [1.807, 2.05) is 0 Å². The zero-order valence-corrected chi connectivity index (χ0v) is 21.5. The molecule has 39 heavy (non-hydrogen) atoms. The van der Waals surface area contributed by atoms with Gasteiger partial charge in [-0.05, 0) is 5.21 Å². The number of β-lactam (4-membered cyclic amide) rings is 1. The molecule has 2 aliphatic heterocycles. The van der Waals surface area contributed by atoms with Crippen LogP contribution in [0.3, 0.4) is 0 Å². The van der Waals surface area contributed by atoms with Gasteiger partial charge in [-0.3, -0.25) is 14.5 Å². The quantitative estimate of drug-likeness (QED) is 0.0581.